The molecular weight excluding hydrogens is 287 g/mol. The number of likely N-dealkylation sites (tertiary alicyclic amines) is 1. The fourth-order valence-electron chi connectivity index (χ4n) is 2.45. The van der Waals surface area contributed by atoms with E-state index in [1.165, 1.54) is 37.0 Å². The number of carboxylic acids is 1. The van der Waals surface area contributed by atoms with E-state index >= 15 is 0 Å². The van der Waals surface area contributed by atoms with Crippen molar-refractivity contribution in [3.63, 3.8) is 0 Å². The van der Waals surface area contributed by atoms with Gasteiger partial charge in [0.15, 0.2) is 6.73 Å². The summed E-state index contributed by atoms with van der Waals surface area (Å²) in [6.45, 7) is 13.7. The molecule has 21 heavy (non-hydrogen) atoms. The first-order valence-corrected chi connectivity index (χ1v) is 7.23. The second-order valence-corrected chi connectivity index (χ2v) is 6.20. The van der Waals surface area contributed by atoms with Gasteiger partial charge in [0.2, 0.25) is 0 Å². The molecule has 0 bridgehead atoms. The van der Waals surface area contributed by atoms with Gasteiger partial charge in [-0.3, -0.25) is 0 Å². The van der Waals surface area contributed by atoms with Crippen molar-refractivity contribution >= 4 is 5.97 Å². The minimum Gasteiger partial charge on any atom is -0.542 e. The van der Waals surface area contributed by atoms with Crippen molar-refractivity contribution in [2.45, 2.75) is 52.8 Å². The monoisotopic (exact) mass is 313 g/mol. The number of carbonyl (C=O) groups excluding carboxylic acids is 1. The highest BCUT2D eigenvalue weighted by molar-refractivity contribution is 5.70. The van der Waals surface area contributed by atoms with Crippen LogP contribution in [0.5, 0.6) is 0 Å². The van der Waals surface area contributed by atoms with Crippen LogP contribution in [0.1, 0.15) is 40.5 Å². The SMILES string of the molecule is CC(C)C[N+]1(COC(C)C)CCCC1.O=C([O-])C(F)(F)F. The van der Waals surface area contributed by atoms with E-state index in [4.69, 9.17) is 14.6 Å². The Labute approximate surface area is 124 Å². The first-order chi connectivity index (χ1) is 9.48. The standard InChI is InChI=1S/C12H26NO.C2HF3O2/c1-11(2)9-13(7-5-6-8-13)10-14-12(3)4;3-2(4,5)1(6)7/h11-12H,5-10H2,1-4H3;(H,6,7)/q+1;/p-1. The van der Waals surface area contributed by atoms with Gasteiger partial charge in [0.1, 0.15) is 5.97 Å². The fourth-order valence-corrected chi connectivity index (χ4v) is 2.45. The third kappa shape index (κ3) is 8.93. The van der Waals surface area contributed by atoms with Crippen LogP contribution in [-0.4, -0.2) is 49.1 Å². The van der Waals surface area contributed by atoms with Crippen molar-refractivity contribution in [2.75, 3.05) is 26.4 Å². The molecule has 1 aliphatic rings. The van der Waals surface area contributed by atoms with Crippen LogP contribution in [-0.2, 0) is 9.53 Å². The van der Waals surface area contributed by atoms with Crippen molar-refractivity contribution < 1.29 is 32.3 Å². The summed E-state index contributed by atoms with van der Waals surface area (Å²) >= 11 is 0. The van der Waals surface area contributed by atoms with Crippen molar-refractivity contribution in [1.29, 1.82) is 0 Å². The lowest BCUT2D eigenvalue weighted by Crippen LogP contribution is -2.49. The van der Waals surface area contributed by atoms with E-state index < -0.39 is 12.1 Å². The Morgan fingerprint density at radius 1 is 1.19 bits per heavy atom. The van der Waals surface area contributed by atoms with Gasteiger partial charge in [-0.1, -0.05) is 13.8 Å². The van der Waals surface area contributed by atoms with Crippen LogP contribution in [0.4, 0.5) is 13.2 Å². The van der Waals surface area contributed by atoms with Gasteiger partial charge in [-0.25, -0.2) is 0 Å². The summed E-state index contributed by atoms with van der Waals surface area (Å²) < 4.78 is 38.6. The minimum atomic E-state index is -5.19. The molecule has 1 heterocycles. The number of nitrogens with zero attached hydrogens (tertiary/aromatic N) is 1. The average molecular weight is 313 g/mol. The topological polar surface area (TPSA) is 49.4 Å². The highest BCUT2D eigenvalue weighted by atomic mass is 19.4. The molecule has 0 N–H and O–H groups in total. The van der Waals surface area contributed by atoms with Crippen LogP contribution in [0, 0.1) is 5.92 Å². The summed E-state index contributed by atoms with van der Waals surface area (Å²) in [5.74, 6) is -2.23. The van der Waals surface area contributed by atoms with Gasteiger partial charge >= 0.3 is 6.18 Å². The van der Waals surface area contributed by atoms with E-state index in [1.54, 1.807) is 0 Å². The molecule has 0 atom stereocenters. The average Bonchev–Trinajstić information content (AvgIpc) is 2.74. The summed E-state index contributed by atoms with van der Waals surface area (Å²) in [7, 11) is 0. The number of halogens is 3. The molecule has 0 amide bonds. The highest BCUT2D eigenvalue weighted by Gasteiger charge is 2.33. The van der Waals surface area contributed by atoms with Gasteiger partial charge in [0, 0.05) is 18.8 Å². The number of alkyl halides is 3. The zero-order valence-corrected chi connectivity index (χ0v) is 13.2. The molecule has 1 rings (SSSR count). The number of carbonyl (C=O) groups is 1. The quantitative estimate of drug-likeness (QED) is 0.729. The molecule has 4 nitrogen and oxygen atoms in total. The summed E-state index contributed by atoms with van der Waals surface area (Å²) in [6.07, 6.45) is -2.06. The summed E-state index contributed by atoms with van der Waals surface area (Å²) in [5, 5.41) is 8.78. The molecule has 1 aliphatic heterocycles. The molecule has 1 saturated heterocycles. The lowest BCUT2D eigenvalue weighted by molar-refractivity contribution is -0.938. The number of aliphatic carboxylic acids is 1. The van der Waals surface area contributed by atoms with Crippen molar-refractivity contribution in [3.05, 3.63) is 0 Å². The van der Waals surface area contributed by atoms with E-state index in [0.29, 0.717) is 6.10 Å². The van der Waals surface area contributed by atoms with Crippen LogP contribution in [0.2, 0.25) is 0 Å². The summed E-state index contributed by atoms with van der Waals surface area (Å²) in [6, 6.07) is 0. The third-order valence-corrected chi connectivity index (χ3v) is 3.18. The maximum absolute atomic E-state index is 10.5. The van der Waals surface area contributed by atoms with E-state index in [1.807, 2.05) is 0 Å². The molecule has 0 aromatic carbocycles. The number of rotatable bonds is 5. The van der Waals surface area contributed by atoms with E-state index in [-0.39, 0.29) is 0 Å². The van der Waals surface area contributed by atoms with Gasteiger partial charge in [-0.05, 0) is 13.8 Å². The Balaban J connectivity index is 0.000000486. The molecule has 0 aromatic heterocycles. The maximum atomic E-state index is 10.5. The molecule has 0 radical (unpaired) electrons. The summed E-state index contributed by atoms with van der Waals surface area (Å²) in [4.78, 5) is 8.78. The normalized spacial score (nSPS) is 17.8. The van der Waals surface area contributed by atoms with Crippen LogP contribution in [0.25, 0.3) is 0 Å². The number of ether oxygens (including phenoxy) is 1. The maximum Gasteiger partial charge on any atom is 0.430 e. The van der Waals surface area contributed by atoms with Crippen molar-refractivity contribution in [1.82, 2.24) is 0 Å². The molecule has 126 valence electrons. The van der Waals surface area contributed by atoms with Crippen LogP contribution in [0.3, 0.4) is 0 Å². The predicted molar refractivity (Wildman–Crippen MR) is 71.1 cm³/mol. The lowest BCUT2D eigenvalue weighted by Gasteiger charge is -2.35. The van der Waals surface area contributed by atoms with E-state index in [9.17, 15) is 13.2 Å². The van der Waals surface area contributed by atoms with Crippen molar-refractivity contribution in [2.24, 2.45) is 5.92 Å². The number of hydrogen-bond donors (Lipinski definition) is 0. The number of hydrogen-bond acceptors (Lipinski definition) is 3. The Morgan fingerprint density at radius 3 is 1.90 bits per heavy atom. The van der Waals surface area contributed by atoms with Crippen molar-refractivity contribution in [3.8, 4) is 0 Å². The Morgan fingerprint density at radius 2 is 1.62 bits per heavy atom. The molecule has 0 unspecified atom stereocenters. The van der Waals surface area contributed by atoms with Gasteiger partial charge in [-0.15, -0.1) is 0 Å². The molecule has 0 aliphatic carbocycles. The minimum absolute atomic E-state index is 0.373. The van der Waals surface area contributed by atoms with Gasteiger partial charge in [-0.2, -0.15) is 13.2 Å². The van der Waals surface area contributed by atoms with Gasteiger partial charge < -0.3 is 19.1 Å². The Bertz CT molecular complexity index is 311. The smallest absolute Gasteiger partial charge is 0.430 e. The molecule has 7 heteroatoms. The highest BCUT2D eigenvalue weighted by Crippen LogP contribution is 2.22. The second-order valence-electron chi connectivity index (χ2n) is 6.20. The Kier molecular flexibility index (Phi) is 8.25. The fraction of sp³-hybridized carbons (Fsp3) is 0.929. The predicted octanol–water partition coefficient (Wildman–Crippen LogP) is 1.93. The first-order valence-electron chi connectivity index (χ1n) is 7.23. The first kappa shape index (κ1) is 20.2. The lowest BCUT2D eigenvalue weighted by atomic mass is 10.2. The second kappa shape index (κ2) is 8.58. The van der Waals surface area contributed by atoms with E-state index in [2.05, 4.69) is 27.7 Å². The van der Waals surface area contributed by atoms with Gasteiger partial charge in [0.05, 0.1) is 25.7 Å². The number of quaternary nitrogens is 1. The molecule has 1 fully saturated rings. The summed E-state index contributed by atoms with van der Waals surface area (Å²) in [5.41, 5.74) is 0. The van der Waals surface area contributed by atoms with Crippen LogP contribution in [0.15, 0.2) is 0 Å². The third-order valence-electron chi connectivity index (χ3n) is 3.18. The zero-order valence-electron chi connectivity index (χ0n) is 13.2. The molecule has 0 spiro atoms. The molecular formula is C14H26F3NO3. The molecule has 0 saturated carbocycles. The van der Waals surface area contributed by atoms with Crippen LogP contribution >= 0.6 is 0 Å². The van der Waals surface area contributed by atoms with Gasteiger partial charge in [0.25, 0.3) is 0 Å². The number of carboxylic acid groups (broad SMARTS) is 1. The van der Waals surface area contributed by atoms with Crippen LogP contribution < -0.4 is 5.11 Å². The largest absolute Gasteiger partial charge is 0.542 e. The van der Waals surface area contributed by atoms with E-state index in [0.717, 1.165) is 12.6 Å². The zero-order chi connectivity index (χ0) is 16.7. The Hall–Kier alpha value is -0.820. The molecule has 0 aromatic rings.